The molecule has 0 radical (unpaired) electrons. The second-order valence-corrected chi connectivity index (χ2v) is 19.7. The summed E-state index contributed by atoms with van der Waals surface area (Å²) in [5, 5.41) is 11.8. The summed E-state index contributed by atoms with van der Waals surface area (Å²) >= 11 is 0. The Labute approximate surface area is 447 Å². The molecule has 0 saturated heterocycles. The summed E-state index contributed by atoms with van der Waals surface area (Å²) in [5.74, 6) is 3.63. The Morgan fingerprint density at radius 1 is 0.260 bits per heavy atom. The first kappa shape index (κ1) is 46.7. The van der Waals surface area contributed by atoms with E-state index in [1.165, 1.54) is 0 Å². The number of para-hydroxylation sites is 1. The number of benzene rings is 10. The molecule has 0 fully saturated rings. The number of rotatable bonds is 10. The van der Waals surface area contributed by atoms with E-state index in [2.05, 4.69) is 120 Å². The predicted molar refractivity (Wildman–Crippen MR) is 311 cm³/mol. The van der Waals surface area contributed by atoms with Crippen LogP contribution in [0.2, 0.25) is 0 Å². The molecule has 10 aromatic carbocycles. The van der Waals surface area contributed by atoms with Gasteiger partial charge in [0.05, 0.1) is 22.7 Å². The Bertz CT molecular complexity index is 3790. The highest BCUT2D eigenvalue weighted by Crippen LogP contribution is 2.53. The highest BCUT2D eigenvalue weighted by atomic mass is 16.3. The van der Waals surface area contributed by atoms with E-state index in [4.69, 9.17) is 29.9 Å². The van der Waals surface area contributed by atoms with Crippen molar-refractivity contribution in [2.75, 3.05) is 4.90 Å². The standard InChI is InChI=1S/C69H49N7O/c1-69(2,77)59-35-17-18-36-62(59)76-60-39-37-51(49-29-19-31-53(41-49)67-72-63(45-21-7-3-8-22-45)70-64(73-67)46-23-9-4-10-24-46)43-57(60)55-33-15-16-34-56(55)58-44-52(38-40-61(58)76)50-30-20-32-54(42-50)68-74-65(47-25-11-5-12-26-47)71-66(75-68)48-27-13-6-14-28-48/h3-44,77H,1-2H3. The first-order chi connectivity index (χ1) is 37.8. The third kappa shape index (κ3) is 9.13. The van der Waals surface area contributed by atoms with Gasteiger partial charge in [-0.2, -0.15) is 0 Å². The zero-order chi connectivity index (χ0) is 51.9. The monoisotopic (exact) mass is 991 g/mol. The van der Waals surface area contributed by atoms with E-state index in [0.29, 0.717) is 34.9 Å². The van der Waals surface area contributed by atoms with Crippen LogP contribution in [0, 0.1) is 0 Å². The van der Waals surface area contributed by atoms with Crippen LogP contribution >= 0.6 is 0 Å². The van der Waals surface area contributed by atoms with E-state index in [-0.39, 0.29) is 0 Å². The lowest BCUT2D eigenvalue weighted by molar-refractivity contribution is 0.0792. The molecule has 0 saturated carbocycles. The van der Waals surface area contributed by atoms with Crippen molar-refractivity contribution < 1.29 is 5.11 Å². The van der Waals surface area contributed by atoms with E-state index < -0.39 is 5.60 Å². The largest absolute Gasteiger partial charge is 0.386 e. The number of hydrogen-bond acceptors (Lipinski definition) is 8. The Kier molecular flexibility index (Phi) is 11.9. The lowest BCUT2D eigenvalue weighted by atomic mass is 9.91. The highest BCUT2D eigenvalue weighted by molar-refractivity contribution is 6.04. The Hall–Kier alpha value is -10.0. The van der Waals surface area contributed by atoms with E-state index >= 15 is 0 Å². The van der Waals surface area contributed by atoms with Gasteiger partial charge in [0.25, 0.3) is 0 Å². The average molecular weight is 992 g/mol. The SMILES string of the molecule is CC(C)(O)c1ccccc1N1c2ccc(-c3cccc(-c4nc(-c5ccccc5)nc(-c5ccccc5)n4)c3)cc2-c2ccccc2-c2cc(-c3cccc(-c4nc(-c5ccccc5)nc(-c5ccccc5)n4)c3)ccc21. The van der Waals surface area contributed by atoms with Crippen molar-refractivity contribution >= 4 is 17.1 Å². The predicted octanol–water partition coefficient (Wildman–Crippen LogP) is 16.7. The lowest BCUT2D eigenvalue weighted by Crippen LogP contribution is -2.21. The molecule has 0 aliphatic carbocycles. The number of nitrogens with zero attached hydrogens (tertiary/aromatic N) is 7. The van der Waals surface area contributed by atoms with Crippen LogP contribution in [-0.2, 0) is 5.60 Å². The topological polar surface area (TPSA) is 101 Å². The molecule has 1 aliphatic rings. The van der Waals surface area contributed by atoms with Crippen molar-refractivity contribution in [3.63, 3.8) is 0 Å². The fraction of sp³-hybridized carbons (Fsp3) is 0.0435. The van der Waals surface area contributed by atoms with Gasteiger partial charge in [0, 0.05) is 50.1 Å². The second-order valence-electron chi connectivity index (χ2n) is 19.7. The molecule has 8 heteroatoms. The lowest BCUT2D eigenvalue weighted by Gasteiger charge is -2.32. The quantitative estimate of drug-likeness (QED) is 0.145. The van der Waals surface area contributed by atoms with Crippen molar-refractivity contribution in [2.24, 2.45) is 0 Å². The molecule has 13 rings (SSSR count). The van der Waals surface area contributed by atoms with Gasteiger partial charge in [0.15, 0.2) is 34.9 Å². The van der Waals surface area contributed by atoms with Gasteiger partial charge in [0.2, 0.25) is 0 Å². The maximum absolute atomic E-state index is 11.8. The number of fused-ring (bicyclic) bond motifs is 5. The van der Waals surface area contributed by atoms with Crippen LogP contribution in [0.15, 0.2) is 255 Å². The normalized spacial score (nSPS) is 11.8. The number of hydrogen-bond donors (Lipinski definition) is 1. The van der Waals surface area contributed by atoms with Gasteiger partial charge in [-0.25, -0.2) is 29.9 Å². The number of aromatic nitrogens is 6. The summed E-state index contributed by atoms with van der Waals surface area (Å²) in [6.07, 6.45) is 0. The maximum Gasteiger partial charge on any atom is 0.164 e. The van der Waals surface area contributed by atoms with Crippen molar-refractivity contribution in [2.45, 2.75) is 19.4 Å². The molecule has 2 aromatic heterocycles. The second kappa shape index (κ2) is 19.7. The summed E-state index contributed by atoms with van der Waals surface area (Å²) in [6, 6.07) is 87.3. The molecule has 0 unspecified atom stereocenters. The summed E-state index contributed by atoms with van der Waals surface area (Å²) in [6.45, 7) is 3.70. The molecule has 0 atom stereocenters. The maximum atomic E-state index is 11.8. The average Bonchev–Trinajstić information content (AvgIpc) is 3.75. The number of aliphatic hydroxyl groups is 1. The van der Waals surface area contributed by atoms with Gasteiger partial charge in [-0.05, 0) is 89.7 Å². The molecule has 0 bridgehead atoms. The Morgan fingerprint density at radius 2 is 0.558 bits per heavy atom. The van der Waals surface area contributed by atoms with Crippen molar-refractivity contribution in [3.05, 3.63) is 260 Å². The molecule has 12 aromatic rings. The summed E-state index contributed by atoms with van der Waals surface area (Å²) < 4.78 is 0. The highest BCUT2D eigenvalue weighted by Gasteiger charge is 2.31. The molecule has 0 spiro atoms. The van der Waals surface area contributed by atoms with Crippen LogP contribution < -0.4 is 4.90 Å². The van der Waals surface area contributed by atoms with Crippen LogP contribution in [-0.4, -0.2) is 35.0 Å². The van der Waals surface area contributed by atoms with Crippen molar-refractivity contribution in [1.29, 1.82) is 0 Å². The minimum Gasteiger partial charge on any atom is -0.386 e. The van der Waals surface area contributed by atoms with E-state index in [1.54, 1.807) is 0 Å². The molecule has 77 heavy (non-hydrogen) atoms. The first-order valence-electron chi connectivity index (χ1n) is 25.7. The van der Waals surface area contributed by atoms with E-state index in [9.17, 15) is 5.11 Å². The molecule has 3 heterocycles. The third-order valence-corrected chi connectivity index (χ3v) is 14.1. The molecule has 0 amide bonds. The molecule has 1 aliphatic heterocycles. The summed E-state index contributed by atoms with van der Waals surface area (Å²) in [7, 11) is 0. The van der Waals surface area contributed by atoms with Crippen LogP contribution in [0.5, 0.6) is 0 Å². The van der Waals surface area contributed by atoms with Gasteiger partial charge in [-0.3, -0.25) is 0 Å². The van der Waals surface area contributed by atoms with Gasteiger partial charge >= 0.3 is 0 Å². The molecule has 8 nitrogen and oxygen atoms in total. The van der Waals surface area contributed by atoms with Crippen LogP contribution in [0.25, 0.3) is 113 Å². The summed E-state index contributed by atoms with van der Waals surface area (Å²) in [5.41, 5.74) is 16.3. The minimum atomic E-state index is -1.15. The van der Waals surface area contributed by atoms with E-state index in [0.717, 1.165) is 101 Å². The zero-order valence-electron chi connectivity index (χ0n) is 42.3. The van der Waals surface area contributed by atoms with Gasteiger partial charge in [-0.15, -0.1) is 0 Å². The van der Waals surface area contributed by atoms with Crippen LogP contribution in [0.3, 0.4) is 0 Å². The first-order valence-corrected chi connectivity index (χ1v) is 25.7. The summed E-state index contributed by atoms with van der Waals surface area (Å²) in [4.78, 5) is 32.5. The van der Waals surface area contributed by atoms with Crippen LogP contribution in [0.4, 0.5) is 17.1 Å². The van der Waals surface area contributed by atoms with Crippen molar-refractivity contribution in [3.8, 4) is 113 Å². The number of anilines is 3. The minimum absolute atomic E-state index is 0.591. The molecule has 366 valence electrons. The Balaban J connectivity index is 0.949. The zero-order valence-corrected chi connectivity index (χ0v) is 42.3. The fourth-order valence-corrected chi connectivity index (χ4v) is 10.3. The third-order valence-electron chi connectivity index (χ3n) is 14.1. The molecular weight excluding hydrogens is 943 g/mol. The van der Waals surface area contributed by atoms with Gasteiger partial charge < -0.3 is 10.0 Å². The fourth-order valence-electron chi connectivity index (χ4n) is 10.3. The van der Waals surface area contributed by atoms with Gasteiger partial charge in [0.1, 0.15) is 0 Å². The molecular formula is C69H49N7O. The van der Waals surface area contributed by atoms with Crippen LogP contribution in [0.1, 0.15) is 19.4 Å². The molecule has 1 N–H and O–H groups in total. The van der Waals surface area contributed by atoms with Gasteiger partial charge in [-0.1, -0.05) is 212 Å². The Morgan fingerprint density at radius 3 is 0.935 bits per heavy atom. The van der Waals surface area contributed by atoms with E-state index in [1.807, 2.05) is 153 Å². The van der Waals surface area contributed by atoms with Crippen molar-refractivity contribution in [1.82, 2.24) is 29.9 Å². The smallest absolute Gasteiger partial charge is 0.164 e.